The zero-order chi connectivity index (χ0) is 11.4. The van der Waals surface area contributed by atoms with E-state index >= 15 is 0 Å². The molecule has 0 fully saturated rings. The van der Waals surface area contributed by atoms with Crippen LogP contribution in [0.4, 0.5) is 14.6 Å². The molecule has 0 spiro atoms. The Morgan fingerprint density at radius 2 is 2.20 bits per heavy atom. The maximum atomic E-state index is 12.7. The molecule has 0 aromatic carbocycles. The first-order valence-electron chi connectivity index (χ1n) is 4.23. The summed E-state index contributed by atoms with van der Waals surface area (Å²) in [5.74, 6) is -0.00510. The number of nitrogens with two attached hydrogens (primary N) is 2. The molecule has 0 saturated heterocycles. The first-order chi connectivity index (χ1) is 7.11. The van der Waals surface area contributed by atoms with Crippen LogP contribution in [-0.2, 0) is 13.0 Å². The summed E-state index contributed by atoms with van der Waals surface area (Å²) < 4.78 is 25.5. The largest absolute Gasteiger partial charge is 0.383 e. The van der Waals surface area contributed by atoms with Gasteiger partial charge < -0.3 is 11.5 Å². The van der Waals surface area contributed by atoms with E-state index in [1.165, 1.54) is 6.20 Å². The van der Waals surface area contributed by atoms with Crippen molar-refractivity contribution in [2.24, 2.45) is 5.73 Å². The lowest BCUT2D eigenvalue weighted by molar-refractivity contribution is 0.149. The van der Waals surface area contributed by atoms with E-state index in [4.69, 9.17) is 16.7 Å². The van der Waals surface area contributed by atoms with Crippen LogP contribution < -0.4 is 11.5 Å². The molecule has 4 N–H and O–H groups in total. The Kier molecular flexibility index (Phi) is 3.52. The second-order valence-corrected chi connectivity index (χ2v) is 2.90. The van der Waals surface area contributed by atoms with Gasteiger partial charge in [-0.15, -0.1) is 0 Å². The topological polar surface area (TPSA) is 88.7 Å². The minimum atomic E-state index is -2.70. The van der Waals surface area contributed by atoms with Crippen LogP contribution >= 0.6 is 0 Å². The van der Waals surface area contributed by atoms with Gasteiger partial charge in [0.05, 0.1) is 12.5 Å². The summed E-state index contributed by atoms with van der Waals surface area (Å²) in [6, 6.07) is 1.80. The second-order valence-electron chi connectivity index (χ2n) is 2.90. The molecule has 0 bridgehead atoms. The highest BCUT2D eigenvalue weighted by Crippen LogP contribution is 2.29. The Morgan fingerprint density at radius 1 is 1.53 bits per heavy atom. The van der Waals surface area contributed by atoms with E-state index < -0.39 is 6.43 Å². The van der Waals surface area contributed by atoms with Crippen LogP contribution in [0.15, 0.2) is 6.20 Å². The first kappa shape index (κ1) is 11.3. The molecule has 1 aromatic rings. The molecule has 0 unspecified atom stereocenters. The van der Waals surface area contributed by atoms with E-state index in [2.05, 4.69) is 4.98 Å². The predicted molar refractivity (Wildman–Crippen MR) is 50.8 cm³/mol. The normalized spacial score (nSPS) is 10.3. The fourth-order valence-corrected chi connectivity index (χ4v) is 1.34. The van der Waals surface area contributed by atoms with Gasteiger partial charge in [0.2, 0.25) is 0 Å². The van der Waals surface area contributed by atoms with Gasteiger partial charge in [0.25, 0.3) is 6.43 Å². The van der Waals surface area contributed by atoms with Crippen LogP contribution in [0.5, 0.6) is 0 Å². The van der Waals surface area contributed by atoms with Gasteiger partial charge in [-0.25, -0.2) is 13.8 Å². The molecule has 0 atom stereocenters. The summed E-state index contributed by atoms with van der Waals surface area (Å²) in [6.07, 6.45) is -1.63. The van der Waals surface area contributed by atoms with Crippen molar-refractivity contribution in [3.63, 3.8) is 0 Å². The van der Waals surface area contributed by atoms with Gasteiger partial charge in [0, 0.05) is 23.9 Å². The second kappa shape index (κ2) is 4.66. The van der Waals surface area contributed by atoms with Gasteiger partial charge in [-0.3, -0.25) is 0 Å². The summed E-state index contributed by atoms with van der Waals surface area (Å²) in [5.41, 5.74) is 10.8. The fraction of sp³-hybridized carbons (Fsp3) is 0.333. The van der Waals surface area contributed by atoms with E-state index in [0.29, 0.717) is 0 Å². The highest BCUT2D eigenvalue weighted by atomic mass is 19.3. The molecular formula is C9H10F2N4. The van der Waals surface area contributed by atoms with E-state index in [9.17, 15) is 8.78 Å². The number of nitrogens with zero attached hydrogens (tertiary/aromatic N) is 2. The third-order valence-electron chi connectivity index (χ3n) is 2.03. The quantitative estimate of drug-likeness (QED) is 0.785. The Bertz CT molecular complexity index is 398. The highest BCUT2D eigenvalue weighted by Gasteiger charge is 2.19. The molecule has 0 amide bonds. The van der Waals surface area contributed by atoms with Crippen LogP contribution in [0.2, 0.25) is 0 Å². The molecule has 1 aromatic heterocycles. The van der Waals surface area contributed by atoms with E-state index in [0.717, 1.165) is 0 Å². The number of pyridine rings is 1. The van der Waals surface area contributed by atoms with Crippen LogP contribution in [0, 0.1) is 11.3 Å². The molecule has 1 heterocycles. The van der Waals surface area contributed by atoms with Crippen molar-refractivity contribution in [2.75, 3.05) is 5.73 Å². The van der Waals surface area contributed by atoms with Gasteiger partial charge >= 0.3 is 0 Å². The summed E-state index contributed by atoms with van der Waals surface area (Å²) in [6.45, 7) is -0.113. The van der Waals surface area contributed by atoms with E-state index in [-0.39, 0.29) is 35.5 Å². The van der Waals surface area contributed by atoms with Gasteiger partial charge in [-0.2, -0.15) is 5.26 Å². The molecule has 0 radical (unpaired) electrons. The van der Waals surface area contributed by atoms with Crippen molar-refractivity contribution in [2.45, 2.75) is 19.4 Å². The molecule has 0 aliphatic rings. The Labute approximate surface area is 85.5 Å². The smallest absolute Gasteiger partial charge is 0.264 e. The predicted octanol–water partition coefficient (Wildman–Crippen LogP) is 1.13. The van der Waals surface area contributed by atoms with Crippen LogP contribution in [0.25, 0.3) is 0 Å². The number of halogens is 2. The highest BCUT2D eigenvalue weighted by molar-refractivity contribution is 5.49. The number of rotatable bonds is 3. The number of anilines is 1. The molecule has 0 aliphatic heterocycles. The van der Waals surface area contributed by atoms with Crippen molar-refractivity contribution < 1.29 is 8.78 Å². The van der Waals surface area contributed by atoms with E-state index in [1.54, 1.807) is 6.07 Å². The van der Waals surface area contributed by atoms with Crippen molar-refractivity contribution in [3.8, 4) is 6.07 Å². The maximum absolute atomic E-state index is 12.7. The number of nitriles is 1. The van der Waals surface area contributed by atoms with Crippen molar-refractivity contribution in [1.82, 2.24) is 4.98 Å². The fourth-order valence-electron chi connectivity index (χ4n) is 1.34. The standard InChI is InChI=1S/C9H10F2N4/c10-8(11)7-5(1-2-12)4-15-9(14)6(7)3-13/h4,8H,1,3,13H2,(H2,14,15). The molecule has 0 aliphatic carbocycles. The Morgan fingerprint density at radius 3 is 2.67 bits per heavy atom. The lowest BCUT2D eigenvalue weighted by Gasteiger charge is -2.12. The maximum Gasteiger partial charge on any atom is 0.264 e. The minimum absolute atomic E-state index is 0.00510. The van der Waals surface area contributed by atoms with Crippen LogP contribution in [-0.4, -0.2) is 4.98 Å². The Balaban J connectivity index is 3.36. The average Bonchev–Trinajstić information content (AvgIpc) is 2.20. The number of hydrogen-bond acceptors (Lipinski definition) is 4. The number of alkyl halides is 2. The number of hydrogen-bond donors (Lipinski definition) is 2. The van der Waals surface area contributed by atoms with Gasteiger partial charge in [-0.1, -0.05) is 0 Å². The van der Waals surface area contributed by atoms with Crippen LogP contribution in [0.3, 0.4) is 0 Å². The monoisotopic (exact) mass is 212 g/mol. The van der Waals surface area contributed by atoms with Crippen molar-refractivity contribution in [1.29, 1.82) is 5.26 Å². The summed E-state index contributed by atoms with van der Waals surface area (Å²) in [5, 5.41) is 8.47. The van der Waals surface area contributed by atoms with Gasteiger partial charge in [0.1, 0.15) is 5.82 Å². The van der Waals surface area contributed by atoms with E-state index in [1.807, 2.05) is 0 Å². The first-order valence-corrected chi connectivity index (χ1v) is 4.23. The van der Waals surface area contributed by atoms with Crippen LogP contribution in [0.1, 0.15) is 23.1 Å². The Hall–Kier alpha value is -1.74. The summed E-state index contributed by atoms with van der Waals surface area (Å²) >= 11 is 0. The third-order valence-corrected chi connectivity index (χ3v) is 2.03. The third kappa shape index (κ3) is 2.19. The van der Waals surface area contributed by atoms with Crippen molar-refractivity contribution in [3.05, 3.63) is 22.9 Å². The van der Waals surface area contributed by atoms with Crippen molar-refractivity contribution >= 4 is 5.82 Å². The van der Waals surface area contributed by atoms with Gasteiger partial charge in [0.15, 0.2) is 0 Å². The molecule has 15 heavy (non-hydrogen) atoms. The molecule has 4 nitrogen and oxygen atoms in total. The SMILES string of the molecule is N#CCc1cnc(N)c(CN)c1C(F)F. The summed E-state index contributed by atoms with van der Waals surface area (Å²) in [7, 11) is 0. The molecular weight excluding hydrogens is 202 g/mol. The van der Waals surface area contributed by atoms with Gasteiger partial charge in [-0.05, 0) is 5.56 Å². The summed E-state index contributed by atoms with van der Waals surface area (Å²) in [4.78, 5) is 3.72. The number of aromatic nitrogens is 1. The lowest BCUT2D eigenvalue weighted by atomic mass is 10.0. The lowest BCUT2D eigenvalue weighted by Crippen LogP contribution is -2.11. The molecule has 80 valence electrons. The molecule has 6 heteroatoms. The zero-order valence-corrected chi connectivity index (χ0v) is 7.87. The minimum Gasteiger partial charge on any atom is -0.383 e. The molecule has 0 saturated carbocycles. The average molecular weight is 212 g/mol. The number of nitrogen functional groups attached to an aromatic ring is 1. The zero-order valence-electron chi connectivity index (χ0n) is 7.87. The molecule has 1 rings (SSSR count).